The van der Waals surface area contributed by atoms with Crippen molar-refractivity contribution in [3.63, 3.8) is 0 Å². The number of aromatic nitrogens is 2. The highest BCUT2D eigenvalue weighted by Crippen LogP contribution is 2.23. The van der Waals surface area contributed by atoms with E-state index >= 15 is 0 Å². The maximum atomic E-state index is 12.6. The molecule has 0 radical (unpaired) electrons. The number of fused-ring (bicyclic) bond motifs is 1. The smallest absolute Gasteiger partial charge is 0.227 e. The summed E-state index contributed by atoms with van der Waals surface area (Å²) < 4.78 is 5.38. The summed E-state index contributed by atoms with van der Waals surface area (Å²) in [5.74, 6) is 0.881. The number of amides is 1. The maximum absolute atomic E-state index is 12.6. The van der Waals surface area contributed by atoms with Crippen molar-refractivity contribution in [2.24, 2.45) is 0 Å². The molecule has 1 saturated heterocycles. The molecule has 2 aliphatic rings. The second-order valence-corrected chi connectivity index (χ2v) is 6.66. The molecule has 0 unspecified atom stereocenters. The molecule has 0 saturated carbocycles. The van der Waals surface area contributed by atoms with Gasteiger partial charge in [-0.15, -0.1) is 0 Å². The fourth-order valence-electron chi connectivity index (χ4n) is 3.34. The third-order valence-corrected chi connectivity index (χ3v) is 4.73. The molecule has 6 heteroatoms. The van der Waals surface area contributed by atoms with Crippen LogP contribution < -0.4 is 4.90 Å². The molecule has 2 aliphatic heterocycles. The highest BCUT2D eigenvalue weighted by molar-refractivity contribution is 5.79. The molecule has 1 amide bonds. The van der Waals surface area contributed by atoms with Gasteiger partial charge in [-0.25, -0.2) is 9.97 Å². The standard InChI is InChI=1S/C19H22N4O2/c1-14-3-2-4-15(9-14)10-18(24)23-12-16-11-20-19(21-17(16)13-23)22-5-7-25-8-6-22/h2-4,9,11H,5-8,10,12-13H2,1H3. The van der Waals surface area contributed by atoms with E-state index in [2.05, 4.69) is 16.0 Å². The number of hydrogen-bond donors (Lipinski definition) is 0. The summed E-state index contributed by atoms with van der Waals surface area (Å²) in [6.07, 6.45) is 2.30. The molecule has 6 nitrogen and oxygen atoms in total. The molecule has 4 rings (SSSR count). The molecule has 0 spiro atoms. The molecule has 0 N–H and O–H groups in total. The molecule has 2 aromatic rings. The Labute approximate surface area is 147 Å². The summed E-state index contributed by atoms with van der Waals surface area (Å²) in [6.45, 7) is 6.26. The molecule has 0 bridgehead atoms. The lowest BCUT2D eigenvalue weighted by molar-refractivity contribution is -0.131. The van der Waals surface area contributed by atoms with Crippen molar-refractivity contribution in [1.82, 2.24) is 14.9 Å². The normalized spacial score (nSPS) is 16.8. The Bertz CT molecular complexity index is 787. The highest BCUT2D eigenvalue weighted by Gasteiger charge is 2.26. The minimum absolute atomic E-state index is 0.136. The molecular formula is C19H22N4O2. The van der Waals surface area contributed by atoms with E-state index in [9.17, 15) is 4.79 Å². The van der Waals surface area contributed by atoms with Gasteiger partial charge >= 0.3 is 0 Å². The Hall–Kier alpha value is -2.47. The molecule has 0 atom stereocenters. The van der Waals surface area contributed by atoms with Crippen LogP contribution in [0.2, 0.25) is 0 Å². The van der Waals surface area contributed by atoms with Crippen molar-refractivity contribution in [2.75, 3.05) is 31.2 Å². The zero-order valence-electron chi connectivity index (χ0n) is 14.4. The zero-order chi connectivity index (χ0) is 17.2. The zero-order valence-corrected chi connectivity index (χ0v) is 14.4. The van der Waals surface area contributed by atoms with Crippen LogP contribution in [0.4, 0.5) is 5.95 Å². The van der Waals surface area contributed by atoms with Crippen molar-refractivity contribution in [3.8, 4) is 0 Å². The highest BCUT2D eigenvalue weighted by atomic mass is 16.5. The van der Waals surface area contributed by atoms with E-state index in [0.29, 0.717) is 32.7 Å². The SMILES string of the molecule is Cc1cccc(CC(=O)N2Cc3cnc(N4CCOCC4)nc3C2)c1. The second kappa shape index (κ2) is 6.80. The number of carbonyl (C=O) groups excluding carboxylic acids is 1. The number of benzene rings is 1. The summed E-state index contributed by atoms with van der Waals surface area (Å²) >= 11 is 0. The monoisotopic (exact) mass is 338 g/mol. The van der Waals surface area contributed by atoms with Gasteiger partial charge in [0.05, 0.1) is 31.9 Å². The van der Waals surface area contributed by atoms with Gasteiger partial charge in [-0.1, -0.05) is 29.8 Å². The number of ether oxygens (including phenoxy) is 1. The molecule has 25 heavy (non-hydrogen) atoms. The number of aryl methyl sites for hydroxylation is 1. The number of rotatable bonds is 3. The summed E-state index contributed by atoms with van der Waals surface area (Å²) in [5.41, 5.74) is 4.25. The van der Waals surface area contributed by atoms with Crippen molar-refractivity contribution in [2.45, 2.75) is 26.4 Å². The fourth-order valence-corrected chi connectivity index (χ4v) is 3.34. The van der Waals surface area contributed by atoms with E-state index in [-0.39, 0.29) is 5.91 Å². The lowest BCUT2D eigenvalue weighted by Gasteiger charge is -2.26. The Morgan fingerprint density at radius 1 is 1.24 bits per heavy atom. The van der Waals surface area contributed by atoms with Gasteiger partial charge in [-0.05, 0) is 12.5 Å². The van der Waals surface area contributed by atoms with Crippen LogP contribution in [0.5, 0.6) is 0 Å². The molecule has 1 fully saturated rings. The number of carbonyl (C=O) groups is 1. The van der Waals surface area contributed by atoms with Crippen molar-refractivity contribution in [3.05, 3.63) is 52.8 Å². The van der Waals surface area contributed by atoms with E-state index < -0.39 is 0 Å². The van der Waals surface area contributed by atoms with Crippen LogP contribution in [0.15, 0.2) is 30.5 Å². The Kier molecular flexibility index (Phi) is 4.36. The Morgan fingerprint density at radius 3 is 2.88 bits per heavy atom. The average molecular weight is 338 g/mol. The third kappa shape index (κ3) is 3.49. The van der Waals surface area contributed by atoms with E-state index in [1.165, 1.54) is 5.56 Å². The van der Waals surface area contributed by atoms with Crippen molar-refractivity contribution in [1.29, 1.82) is 0 Å². The van der Waals surface area contributed by atoms with Gasteiger partial charge in [0.2, 0.25) is 11.9 Å². The van der Waals surface area contributed by atoms with Gasteiger partial charge in [-0.3, -0.25) is 4.79 Å². The average Bonchev–Trinajstić information content (AvgIpc) is 3.06. The largest absolute Gasteiger partial charge is 0.378 e. The summed E-state index contributed by atoms with van der Waals surface area (Å²) in [4.78, 5) is 25.8. The van der Waals surface area contributed by atoms with Crippen LogP contribution in [-0.4, -0.2) is 47.1 Å². The van der Waals surface area contributed by atoms with Gasteiger partial charge < -0.3 is 14.5 Å². The lowest BCUT2D eigenvalue weighted by atomic mass is 10.1. The number of anilines is 1. The lowest BCUT2D eigenvalue weighted by Crippen LogP contribution is -2.37. The van der Waals surface area contributed by atoms with Gasteiger partial charge in [0, 0.05) is 31.4 Å². The molecular weight excluding hydrogens is 316 g/mol. The Morgan fingerprint density at radius 2 is 2.08 bits per heavy atom. The maximum Gasteiger partial charge on any atom is 0.227 e. The van der Waals surface area contributed by atoms with Gasteiger partial charge in [0.25, 0.3) is 0 Å². The van der Waals surface area contributed by atoms with Gasteiger partial charge in [-0.2, -0.15) is 0 Å². The first-order valence-electron chi connectivity index (χ1n) is 8.70. The van der Waals surface area contributed by atoms with Crippen LogP contribution in [0.1, 0.15) is 22.4 Å². The third-order valence-electron chi connectivity index (χ3n) is 4.73. The predicted molar refractivity (Wildman–Crippen MR) is 94.2 cm³/mol. The minimum atomic E-state index is 0.136. The van der Waals surface area contributed by atoms with E-state index in [4.69, 9.17) is 9.72 Å². The Balaban J connectivity index is 1.44. The first-order valence-corrected chi connectivity index (χ1v) is 8.70. The molecule has 0 aliphatic carbocycles. The molecule has 3 heterocycles. The molecule has 1 aromatic carbocycles. The number of nitrogens with zero attached hydrogens (tertiary/aromatic N) is 4. The van der Waals surface area contributed by atoms with Crippen LogP contribution in [0, 0.1) is 6.92 Å². The quantitative estimate of drug-likeness (QED) is 0.853. The summed E-state index contributed by atoms with van der Waals surface area (Å²) in [7, 11) is 0. The minimum Gasteiger partial charge on any atom is -0.378 e. The predicted octanol–water partition coefficient (Wildman–Crippen LogP) is 1.71. The molecule has 1 aromatic heterocycles. The summed E-state index contributed by atoms with van der Waals surface area (Å²) in [6, 6.07) is 8.11. The van der Waals surface area contributed by atoms with Crippen LogP contribution in [0.25, 0.3) is 0 Å². The van der Waals surface area contributed by atoms with Crippen molar-refractivity contribution >= 4 is 11.9 Å². The van der Waals surface area contributed by atoms with Crippen molar-refractivity contribution < 1.29 is 9.53 Å². The van der Waals surface area contributed by atoms with Gasteiger partial charge in [0.1, 0.15) is 0 Å². The summed E-state index contributed by atoms with van der Waals surface area (Å²) in [5, 5.41) is 0. The topological polar surface area (TPSA) is 58.6 Å². The van der Waals surface area contributed by atoms with E-state index in [1.807, 2.05) is 36.2 Å². The van der Waals surface area contributed by atoms with E-state index in [1.54, 1.807) is 0 Å². The van der Waals surface area contributed by atoms with Gasteiger partial charge in [0.15, 0.2) is 0 Å². The van der Waals surface area contributed by atoms with Crippen LogP contribution in [-0.2, 0) is 29.0 Å². The van der Waals surface area contributed by atoms with Crippen LogP contribution in [0.3, 0.4) is 0 Å². The molecule has 130 valence electrons. The number of hydrogen-bond acceptors (Lipinski definition) is 5. The first kappa shape index (κ1) is 16.0. The second-order valence-electron chi connectivity index (χ2n) is 6.66. The van der Waals surface area contributed by atoms with Crippen LogP contribution >= 0.6 is 0 Å². The van der Waals surface area contributed by atoms with E-state index in [0.717, 1.165) is 35.9 Å². The number of morpholine rings is 1. The first-order chi connectivity index (χ1) is 12.2. The fraction of sp³-hybridized carbons (Fsp3) is 0.421.